The Morgan fingerprint density at radius 1 is 1.04 bits per heavy atom. The van der Waals surface area contributed by atoms with Crippen LogP contribution in [0.15, 0.2) is 60.9 Å². The average molecular weight is 341 g/mol. The predicted molar refractivity (Wildman–Crippen MR) is 96.6 cm³/mol. The molecule has 0 saturated carbocycles. The fourth-order valence-electron chi connectivity index (χ4n) is 2.22. The molecule has 2 amide bonds. The number of rotatable bonds is 4. The highest BCUT2D eigenvalue weighted by atomic mass is 35.5. The summed E-state index contributed by atoms with van der Waals surface area (Å²) in [6, 6.07) is 14.9. The lowest BCUT2D eigenvalue weighted by Crippen LogP contribution is -2.19. The molecule has 2 aromatic carbocycles. The number of anilines is 2. The molecule has 6 heteroatoms. The van der Waals surface area contributed by atoms with Crippen molar-refractivity contribution in [1.29, 1.82) is 0 Å². The third kappa shape index (κ3) is 4.36. The van der Waals surface area contributed by atoms with Crippen LogP contribution in [-0.4, -0.2) is 15.8 Å². The number of urea groups is 1. The van der Waals surface area contributed by atoms with Crippen molar-refractivity contribution >= 4 is 29.0 Å². The minimum absolute atomic E-state index is 0.327. The Hall–Kier alpha value is -2.79. The first-order chi connectivity index (χ1) is 11.6. The molecule has 0 aliphatic rings. The minimum atomic E-state index is -0.327. The van der Waals surface area contributed by atoms with Crippen LogP contribution in [0, 0.1) is 6.92 Å². The van der Waals surface area contributed by atoms with Gasteiger partial charge in [0.15, 0.2) is 0 Å². The molecule has 0 aliphatic carbocycles. The van der Waals surface area contributed by atoms with Crippen molar-refractivity contribution < 1.29 is 4.79 Å². The highest BCUT2D eigenvalue weighted by Crippen LogP contribution is 2.14. The summed E-state index contributed by atoms with van der Waals surface area (Å²) in [4.78, 5) is 12.0. The second-order valence-corrected chi connectivity index (χ2v) is 5.93. The number of halogens is 1. The zero-order valence-corrected chi connectivity index (χ0v) is 13.9. The Labute approximate surface area is 145 Å². The summed E-state index contributed by atoms with van der Waals surface area (Å²) >= 11 is 5.82. The van der Waals surface area contributed by atoms with Gasteiger partial charge in [0.05, 0.1) is 18.4 Å². The molecule has 24 heavy (non-hydrogen) atoms. The highest BCUT2D eigenvalue weighted by Gasteiger charge is 2.05. The maximum atomic E-state index is 12.0. The van der Waals surface area contributed by atoms with E-state index in [1.165, 1.54) is 5.56 Å². The lowest BCUT2D eigenvalue weighted by molar-refractivity contribution is 0.262. The monoisotopic (exact) mass is 340 g/mol. The van der Waals surface area contributed by atoms with Gasteiger partial charge in [-0.15, -0.1) is 0 Å². The molecule has 0 spiro atoms. The van der Waals surface area contributed by atoms with Gasteiger partial charge in [-0.3, -0.25) is 4.68 Å². The molecule has 3 rings (SSSR count). The molecule has 0 aliphatic heterocycles. The average Bonchev–Trinajstić information content (AvgIpc) is 2.99. The topological polar surface area (TPSA) is 59.0 Å². The minimum Gasteiger partial charge on any atom is -0.308 e. The molecule has 0 fully saturated rings. The van der Waals surface area contributed by atoms with Gasteiger partial charge < -0.3 is 10.6 Å². The van der Waals surface area contributed by atoms with Crippen LogP contribution in [0.4, 0.5) is 16.2 Å². The Kier molecular flexibility index (Phi) is 4.82. The fraction of sp³-hybridized carbons (Fsp3) is 0.111. The lowest BCUT2D eigenvalue weighted by Gasteiger charge is -2.06. The van der Waals surface area contributed by atoms with Crippen LogP contribution in [0.2, 0.25) is 5.02 Å². The highest BCUT2D eigenvalue weighted by molar-refractivity contribution is 6.30. The van der Waals surface area contributed by atoms with Gasteiger partial charge in [0.2, 0.25) is 0 Å². The Bertz CT molecular complexity index is 825. The van der Waals surface area contributed by atoms with Gasteiger partial charge >= 0.3 is 6.03 Å². The SMILES string of the molecule is Cc1ccc(Cn2cc(NC(=O)Nc3ccc(Cl)cc3)cn2)cc1. The van der Waals surface area contributed by atoms with E-state index in [1.54, 1.807) is 41.3 Å². The van der Waals surface area contributed by atoms with Crippen LogP contribution in [0.25, 0.3) is 0 Å². The van der Waals surface area contributed by atoms with Crippen molar-refractivity contribution in [3.8, 4) is 0 Å². The van der Waals surface area contributed by atoms with E-state index in [0.717, 1.165) is 5.56 Å². The van der Waals surface area contributed by atoms with E-state index in [-0.39, 0.29) is 6.03 Å². The van der Waals surface area contributed by atoms with Gasteiger partial charge in [-0.1, -0.05) is 41.4 Å². The molecule has 3 aromatic rings. The summed E-state index contributed by atoms with van der Waals surface area (Å²) in [5.74, 6) is 0. The predicted octanol–water partition coefficient (Wildman–Crippen LogP) is 4.54. The van der Waals surface area contributed by atoms with Crippen molar-refractivity contribution in [3.63, 3.8) is 0 Å². The molecule has 0 radical (unpaired) electrons. The quantitative estimate of drug-likeness (QED) is 0.732. The van der Waals surface area contributed by atoms with E-state index in [2.05, 4.69) is 46.9 Å². The molecule has 0 unspecified atom stereocenters. The second kappa shape index (κ2) is 7.19. The van der Waals surface area contributed by atoms with Crippen molar-refractivity contribution in [3.05, 3.63) is 77.1 Å². The first-order valence-electron chi connectivity index (χ1n) is 7.50. The number of aryl methyl sites for hydroxylation is 1. The molecule has 2 N–H and O–H groups in total. The number of hydrogen-bond donors (Lipinski definition) is 2. The lowest BCUT2D eigenvalue weighted by atomic mass is 10.1. The number of nitrogens with one attached hydrogen (secondary N) is 2. The van der Waals surface area contributed by atoms with E-state index < -0.39 is 0 Å². The van der Waals surface area contributed by atoms with Crippen LogP contribution in [-0.2, 0) is 6.54 Å². The van der Waals surface area contributed by atoms with E-state index in [9.17, 15) is 4.79 Å². The third-order valence-electron chi connectivity index (χ3n) is 3.46. The number of amides is 2. The van der Waals surface area contributed by atoms with Gasteiger partial charge in [0.1, 0.15) is 0 Å². The fourth-order valence-corrected chi connectivity index (χ4v) is 2.35. The summed E-state index contributed by atoms with van der Waals surface area (Å²) in [6.45, 7) is 2.71. The maximum absolute atomic E-state index is 12.0. The number of hydrogen-bond acceptors (Lipinski definition) is 2. The Morgan fingerprint density at radius 2 is 1.71 bits per heavy atom. The number of aromatic nitrogens is 2. The smallest absolute Gasteiger partial charge is 0.308 e. The molecule has 122 valence electrons. The van der Waals surface area contributed by atoms with Gasteiger partial charge in [-0.2, -0.15) is 5.10 Å². The molecule has 0 atom stereocenters. The molecule has 1 heterocycles. The normalized spacial score (nSPS) is 10.4. The van der Waals surface area contributed by atoms with E-state index in [4.69, 9.17) is 11.6 Å². The van der Waals surface area contributed by atoms with Gasteiger partial charge in [-0.25, -0.2) is 4.79 Å². The standard InChI is InChI=1S/C18H17ClN4O/c1-13-2-4-14(5-3-13)11-23-12-17(10-20-23)22-18(24)21-16-8-6-15(19)7-9-16/h2-10,12H,11H2,1H3,(H2,21,22,24). The van der Waals surface area contributed by atoms with Crippen molar-refractivity contribution in [2.75, 3.05) is 10.6 Å². The number of benzene rings is 2. The summed E-state index contributed by atoms with van der Waals surface area (Å²) in [7, 11) is 0. The third-order valence-corrected chi connectivity index (χ3v) is 3.71. The zero-order chi connectivity index (χ0) is 16.9. The number of carbonyl (C=O) groups excluding carboxylic acids is 1. The summed E-state index contributed by atoms with van der Waals surface area (Å²) in [5, 5.41) is 10.4. The zero-order valence-electron chi connectivity index (χ0n) is 13.2. The van der Waals surface area contributed by atoms with Crippen LogP contribution < -0.4 is 10.6 Å². The van der Waals surface area contributed by atoms with Crippen molar-refractivity contribution in [2.45, 2.75) is 13.5 Å². The van der Waals surface area contributed by atoms with Gasteiger partial charge in [0.25, 0.3) is 0 Å². The summed E-state index contributed by atoms with van der Waals surface area (Å²) < 4.78 is 1.78. The molecular weight excluding hydrogens is 324 g/mol. The number of carbonyl (C=O) groups is 1. The summed E-state index contributed by atoms with van der Waals surface area (Å²) in [5.41, 5.74) is 3.68. The molecular formula is C18H17ClN4O. The van der Waals surface area contributed by atoms with Crippen LogP contribution in [0.3, 0.4) is 0 Å². The molecule has 0 saturated heterocycles. The van der Waals surface area contributed by atoms with Crippen LogP contribution in [0.5, 0.6) is 0 Å². The first-order valence-corrected chi connectivity index (χ1v) is 7.88. The van der Waals surface area contributed by atoms with Crippen molar-refractivity contribution in [1.82, 2.24) is 9.78 Å². The van der Waals surface area contributed by atoms with Gasteiger partial charge in [-0.05, 0) is 36.8 Å². The van der Waals surface area contributed by atoms with Crippen molar-refractivity contribution in [2.24, 2.45) is 0 Å². The maximum Gasteiger partial charge on any atom is 0.323 e. The van der Waals surface area contributed by atoms with Crippen LogP contribution >= 0.6 is 11.6 Å². The molecule has 5 nitrogen and oxygen atoms in total. The first kappa shape index (κ1) is 16.1. The largest absolute Gasteiger partial charge is 0.323 e. The van der Waals surface area contributed by atoms with E-state index >= 15 is 0 Å². The molecule has 0 bridgehead atoms. The summed E-state index contributed by atoms with van der Waals surface area (Å²) in [6.07, 6.45) is 3.41. The van der Waals surface area contributed by atoms with E-state index in [1.807, 2.05) is 0 Å². The number of nitrogens with zero attached hydrogens (tertiary/aromatic N) is 2. The second-order valence-electron chi connectivity index (χ2n) is 5.50. The Morgan fingerprint density at radius 3 is 2.42 bits per heavy atom. The van der Waals surface area contributed by atoms with E-state index in [0.29, 0.717) is 22.9 Å². The van der Waals surface area contributed by atoms with Gasteiger partial charge in [0, 0.05) is 16.9 Å². The van der Waals surface area contributed by atoms with Crippen LogP contribution in [0.1, 0.15) is 11.1 Å². The Balaban J connectivity index is 1.58. The molecule has 1 aromatic heterocycles.